The Labute approximate surface area is 259 Å². The summed E-state index contributed by atoms with van der Waals surface area (Å²) in [7, 11) is 0. The zero-order valence-electron chi connectivity index (χ0n) is 25.0. The molecule has 10 rings (SSSR count). The van der Waals surface area contributed by atoms with Crippen LogP contribution in [0.5, 0.6) is 0 Å². The molecular weight excluding hydrogens is 548 g/mol. The van der Waals surface area contributed by atoms with Gasteiger partial charge < -0.3 is 0 Å². The molecule has 1 aliphatic rings. The predicted octanol–water partition coefficient (Wildman–Crippen LogP) is 10.1. The van der Waals surface area contributed by atoms with Crippen molar-refractivity contribution in [1.82, 2.24) is 19.1 Å². The molecule has 0 aliphatic heterocycles. The van der Waals surface area contributed by atoms with E-state index in [9.17, 15) is 0 Å². The fourth-order valence-electron chi connectivity index (χ4n) is 8.03. The van der Waals surface area contributed by atoms with Crippen molar-refractivity contribution in [2.75, 3.05) is 0 Å². The van der Waals surface area contributed by atoms with Crippen molar-refractivity contribution >= 4 is 54.4 Å². The van der Waals surface area contributed by atoms with E-state index in [2.05, 4.69) is 156 Å². The van der Waals surface area contributed by atoms with Crippen molar-refractivity contribution in [2.24, 2.45) is 0 Å². The third-order valence-corrected chi connectivity index (χ3v) is 9.88. The standard InChI is InChI=1S/C41H28N4/c1-41(2)36-26-14-4-3-13-25(26)23-24-31(36)38-37(41)39(44-32-19-9-5-15-27(32)28-16-6-10-20-33(28)44)43-40(42-38)45-34-21-11-7-17-29(34)30-18-8-12-22-35(30)45/h3-24H,1-2H3. The second-order valence-corrected chi connectivity index (χ2v) is 12.6. The molecule has 0 spiro atoms. The van der Waals surface area contributed by atoms with E-state index in [0.29, 0.717) is 5.95 Å². The molecule has 3 aromatic heterocycles. The summed E-state index contributed by atoms with van der Waals surface area (Å²) in [6.45, 7) is 4.68. The smallest absolute Gasteiger partial charge is 0.237 e. The minimum atomic E-state index is -0.341. The topological polar surface area (TPSA) is 35.6 Å². The Kier molecular flexibility index (Phi) is 4.76. The number of rotatable bonds is 2. The number of aromatic nitrogens is 4. The molecule has 0 N–H and O–H groups in total. The molecule has 0 unspecified atom stereocenters. The van der Waals surface area contributed by atoms with Crippen molar-refractivity contribution in [3.63, 3.8) is 0 Å². The van der Waals surface area contributed by atoms with Gasteiger partial charge in [-0.15, -0.1) is 0 Å². The number of hydrogen-bond acceptors (Lipinski definition) is 2. The normalized spacial score (nSPS) is 13.7. The van der Waals surface area contributed by atoms with Gasteiger partial charge in [0, 0.05) is 38.1 Å². The summed E-state index contributed by atoms with van der Waals surface area (Å²) < 4.78 is 4.62. The molecule has 9 aromatic rings. The molecule has 0 atom stereocenters. The van der Waals surface area contributed by atoms with Crippen LogP contribution in [0.4, 0.5) is 0 Å². The van der Waals surface area contributed by atoms with Crippen LogP contribution >= 0.6 is 0 Å². The lowest BCUT2D eigenvalue weighted by atomic mass is 9.80. The van der Waals surface area contributed by atoms with E-state index in [1.54, 1.807) is 0 Å². The maximum Gasteiger partial charge on any atom is 0.237 e. The van der Waals surface area contributed by atoms with E-state index >= 15 is 0 Å². The number of benzene rings is 6. The molecule has 0 amide bonds. The lowest BCUT2D eigenvalue weighted by Gasteiger charge is -2.25. The van der Waals surface area contributed by atoms with Gasteiger partial charge in [0.1, 0.15) is 5.82 Å². The molecular formula is C41H28N4. The minimum Gasteiger partial charge on any atom is -0.293 e. The molecule has 212 valence electrons. The monoisotopic (exact) mass is 576 g/mol. The highest BCUT2D eigenvalue weighted by atomic mass is 15.2. The average molecular weight is 577 g/mol. The van der Waals surface area contributed by atoms with E-state index in [1.807, 2.05) is 0 Å². The van der Waals surface area contributed by atoms with Crippen molar-refractivity contribution in [3.8, 4) is 23.0 Å². The molecule has 1 aliphatic carbocycles. The van der Waals surface area contributed by atoms with E-state index in [-0.39, 0.29) is 5.41 Å². The van der Waals surface area contributed by atoms with Gasteiger partial charge in [-0.3, -0.25) is 9.13 Å². The first-order valence-corrected chi connectivity index (χ1v) is 15.5. The fourth-order valence-corrected chi connectivity index (χ4v) is 8.03. The maximum absolute atomic E-state index is 5.60. The summed E-state index contributed by atoms with van der Waals surface area (Å²) >= 11 is 0. The highest BCUT2D eigenvalue weighted by Crippen LogP contribution is 2.53. The zero-order valence-corrected chi connectivity index (χ0v) is 25.0. The molecule has 6 aromatic carbocycles. The molecule has 4 nitrogen and oxygen atoms in total. The first-order valence-electron chi connectivity index (χ1n) is 15.5. The Morgan fingerprint density at radius 1 is 0.444 bits per heavy atom. The van der Waals surface area contributed by atoms with E-state index in [1.165, 1.54) is 43.4 Å². The highest BCUT2D eigenvalue weighted by molar-refractivity contribution is 6.10. The van der Waals surface area contributed by atoms with E-state index in [4.69, 9.17) is 9.97 Å². The van der Waals surface area contributed by atoms with Crippen LogP contribution < -0.4 is 0 Å². The Balaban J connectivity index is 1.41. The largest absolute Gasteiger partial charge is 0.293 e. The summed E-state index contributed by atoms with van der Waals surface area (Å²) in [5.41, 5.74) is 8.80. The Bertz CT molecular complexity index is 2580. The van der Waals surface area contributed by atoms with Gasteiger partial charge in [-0.2, -0.15) is 4.98 Å². The van der Waals surface area contributed by atoms with Crippen LogP contribution in [0.15, 0.2) is 133 Å². The second kappa shape index (κ2) is 8.67. The molecule has 0 radical (unpaired) electrons. The van der Waals surface area contributed by atoms with Crippen LogP contribution in [0.1, 0.15) is 25.0 Å². The highest BCUT2D eigenvalue weighted by Gasteiger charge is 2.42. The lowest BCUT2D eigenvalue weighted by Crippen LogP contribution is -2.20. The van der Waals surface area contributed by atoms with Gasteiger partial charge in [-0.1, -0.05) is 123 Å². The Hall–Kier alpha value is -5.74. The van der Waals surface area contributed by atoms with Crippen LogP contribution in [0.2, 0.25) is 0 Å². The number of para-hydroxylation sites is 4. The van der Waals surface area contributed by atoms with Crippen molar-refractivity contribution in [1.29, 1.82) is 0 Å². The zero-order chi connectivity index (χ0) is 29.9. The third kappa shape index (κ3) is 3.16. The van der Waals surface area contributed by atoms with Crippen LogP contribution in [-0.2, 0) is 5.41 Å². The lowest BCUT2D eigenvalue weighted by molar-refractivity contribution is 0.654. The predicted molar refractivity (Wildman–Crippen MR) is 186 cm³/mol. The van der Waals surface area contributed by atoms with Crippen molar-refractivity contribution in [2.45, 2.75) is 19.3 Å². The summed E-state index contributed by atoms with van der Waals surface area (Å²) in [6.07, 6.45) is 0. The van der Waals surface area contributed by atoms with Gasteiger partial charge in [0.25, 0.3) is 0 Å². The van der Waals surface area contributed by atoms with Gasteiger partial charge >= 0.3 is 0 Å². The van der Waals surface area contributed by atoms with Crippen molar-refractivity contribution in [3.05, 3.63) is 145 Å². The first kappa shape index (κ1) is 24.7. The van der Waals surface area contributed by atoms with Crippen molar-refractivity contribution < 1.29 is 0 Å². The molecule has 4 heteroatoms. The Morgan fingerprint density at radius 3 is 1.47 bits per heavy atom. The van der Waals surface area contributed by atoms with Gasteiger partial charge in [-0.25, -0.2) is 4.98 Å². The first-order chi connectivity index (χ1) is 22.1. The van der Waals surface area contributed by atoms with Gasteiger partial charge in [0.05, 0.1) is 27.8 Å². The summed E-state index contributed by atoms with van der Waals surface area (Å²) in [4.78, 5) is 11.1. The third-order valence-electron chi connectivity index (χ3n) is 9.88. The van der Waals surface area contributed by atoms with E-state index in [0.717, 1.165) is 39.1 Å². The quantitative estimate of drug-likeness (QED) is 0.205. The molecule has 3 heterocycles. The van der Waals surface area contributed by atoms with Crippen LogP contribution in [-0.4, -0.2) is 19.1 Å². The Morgan fingerprint density at radius 2 is 0.911 bits per heavy atom. The maximum atomic E-state index is 5.60. The summed E-state index contributed by atoms with van der Waals surface area (Å²) in [5.74, 6) is 1.61. The van der Waals surface area contributed by atoms with E-state index < -0.39 is 0 Å². The number of fused-ring (bicyclic) bond motifs is 11. The molecule has 0 saturated heterocycles. The van der Waals surface area contributed by atoms with Gasteiger partial charge in [0.15, 0.2) is 0 Å². The summed E-state index contributed by atoms with van der Waals surface area (Å²) in [6, 6.07) is 47.8. The summed E-state index contributed by atoms with van der Waals surface area (Å²) in [5, 5.41) is 7.34. The molecule has 0 saturated carbocycles. The number of nitrogens with zero attached hydrogens (tertiary/aromatic N) is 4. The second-order valence-electron chi connectivity index (χ2n) is 12.6. The minimum absolute atomic E-state index is 0.341. The SMILES string of the molecule is CC1(C)c2c(nc(-n3c4ccccc4c4ccccc43)nc2-n2c3ccccc3c3ccccc32)-c2ccc3ccccc3c21. The van der Waals surface area contributed by atoms with Crippen LogP contribution in [0.25, 0.3) is 77.4 Å². The van der Waals surface area contributed by atoms with Crippen LogP contribution in [0.3, 0.4) is 0 Å². The average Bonchev–Trinajstić information content (AvgIpc) is 3.68. The molecule has 0 bridgehead atoms. The number of hydrogen-bond donors (Lipinski definition) is 0. The fraction of sp³-hybridized carbons (Fsp3) is 0.0732. The van der Waals surface area contributed by atoms with Gasteiger partial charge in [0.2, 0.25) is 5.95 Å². The molecule has 0 fully saturated rings. The van der Waals surface area contributed by atoms with Gasteiger partial charge in [-0.05, 0) is 40.6 Å². The molecule has 45 heavy (non-hydrogen) atoms. The van der Waals surface area contributed by atoms with Crippen LogP contribution in [0, 0.1) is 0 Å².